The third-order valence-electron chi connectivity index (χ3n) is 6.19. The fourth-order valence-corrected chi connectivity index (χ4v) is 4.38. The van der Waals surface area contributed by atoms with Crippen molar-refractivity contribution in [2.75, 3.05) is 57.3 Å². The minimum atomic E-state index is 0.0903. The summed E-state index contributed by atoms with van der Waals surface area (Å²) in [5.41, 5.74) is 1.40. The summed E-state index contributed by atoms with van der Waals surface area (Å²) in [4.78, 5) is 27.8. The molecule has 0 radical (unpaired) electrons. The van der Waals surface area contributed by atoms with E-state index in [2.05, 4.69) is 55.4 Å². The molecule has 2 aliphatic heterocycles. The van der Waals surface area contributed by atoms with E-state index in [-0.39, 0.29) is 6.03 Å². The van der Waals surface area contributed by atoms with E-state index in [0.717, 1.165) is 77.6 Å². The molecular formula is C23H32N6O. The Kier molecular flexibility index (Phi) is 7.13. The van der Waals surface area contributed by atoms with Gasteiger partial charge in [0.05, 0.1) is 0 Å². The van der Waals surface area contributed by atoms with Gasteiger partial charge in [0.1, 0.15) is 0 Å². The Morgan fingerprint density at radius 2 is 1.63 bits per heavy atom. The van der Waals surface area contributed by atoms with Crippen LogP contribution in [0.15, 0.2) is 48.8 Å². The molecule has 2 amide bonds. The minimum Gasteiger partial charge on any atom is -0.338 e. The number of likely N-dealkylation sites (tertiary alicyclic amines) is 1. The summed E-state index contributed by atoms with van der Waals surface area (Å²) < 4.78 is 0. The number of carbonyl (C=O) groups excluding carboxylic acids is 1. The molecule has 30 heavy (non-hydrogen) atoms. The number of anilines is 1. The highest BCUT2D eigenvalue weighted by Crippen LogP contribution is 2.27. The molecule has 2 aromatic rings. The quantitative estimate of drug-likeness (QED) is 0.745. The van der Waals surface area contributed by atoms with Crippen LogP contribution in [0.1, 0.15) is 30.7 Å². The van der Waals surface area contributed by atoms with Crippen LogP contribution in [0.4, 0.5) is 10.7 Å². The molecule has 7 nitrogen and oxygen atoms in total. The van der Waals surface area contributed by atoms with Gasteiger partial charge >= 0.3 is 6.03 Å². The number of hydrogen-bond donors (Lipinski definition) is 1. The van der Waals surface area contributed by atoms with E-state index in [4.69, 9.17) is 0 Å². The number of piperazine rings is 1. The van der Waals surface area contributed by atoms with Crippen LogP contribution in [0, 0.1) is 0 Å². The Balaban J connectivity index is 1.09. The minimum absolute atomic E-state index is 0.0903. The van der Waals surface area contributed by atoms with E-state index in [1.54, 1.807) is 12.4 Å². The summed E-state index contributed by atoms with van der Waals surface area (Å²) in [5.74, 6) is 1.40. The monoisotopic (exact) mass is 408 g/mol. The van der Waals surface area contributed by atoms with Gasteiger partial charge in [0.2, 0.25) is 5.95 Å². The smallest absolute Gasteiger partial charge is 0.317 e. The fraction of sp³-hybridized carbons (Fsp3) is 0.522. The first-order valence-electron chi connectivity index (χ1n) is 11.1. The van der Waals surface area contributed by atoms with Crippen molar-refractivity contribution in [3.8, 4) is 0 Å². The molecule has 1 aromatic carbocycles. The maximum absolute atomic E-state index is 12.5. The fourth-order valence-electron chi connectivity index (χ4n) is 4.38. The SMILES string of the molecule is O=C(NCCCN1CCN(c2ncccn2)CC1)N1CCC(c2ccccc2)CC1. The number of nitrogens with zero attached hydrogens (tertiary/aromatic N) is 5. The first kappa shape index (κ1) is 20.6. The van der Waals surface area contributed by atoms with Gasteiger partial charge in [-0.3, -0.25) is 4.90 Å². The highest BCUT2D eigenvalue weighted by molar-refractivity contribution is 5.74. The second-order valence-corrected chi connectivity index (χ2v) is 8.13. The second-order valence-electron chi connectivity index (χ2n) is 8.13. The standard InChI is InChI=1S/C23H32N6O/c30-23(29-14-8-21(9-15-29)20-6-2-1-3-7-20)26-12-5-13-27-16-18-28(19-17-27)22-24-10-4-11-25-22/h1-4,6-7,10-11,21H,5,8-9,12-19H2,(H,26,30). The molecule has 1 N–H and O–H groups in total. The zero-order valence-electron chi connectivity index (χ0n) is 17.6. The van der Waals surface area contributed by atoms with Crippen molar-refractivity contribution in [2.24, 2.45) is 0 Å². The van der Waals surface area contributed by atoms with E-state index in [9.17, 15) is 4.79 Å². The Morgan fingerprint density at radius 3 is 2.33 bits per heavy atom. The molecule has 2 aliphatic rings. The van der Waals surface area contributed by atoms with Gasteiger partial charge in [-0.2, -0.15) is 0 Å². The third kappa shape index (κ3) is 5.48. The first-order chi connectivity index (χ1) is 14.8. The Morgan fingerprint density at radius 1 is 0.933 bits per heavy atom. The highest BCUT2D eigenvalue weighted by atomic mass is 16.2. The summed E-state index contributed by atoms with van der Waals surface area (Å²) in [6.07, 6.45) is 6.66. The lowest BCUT2D eigenvalue weighted by Crippen LogP contribution is -2.48. The second kappa shape index (κ2) is 10.4. The topological polar surface area (TPSA) is 64.6 Å². The molecule has 0 bridgehead atoms. The number of aromatic nitrogens is 2. The summed E-state index contributed by atoms with van der Waals surface area (Å²) in [7, 11) is 0. The van der Waals surface area contributed by atoms with Gasteiger partial charge in [-0.1, -0.05) is 30.3 Å². The predicted molar refractivity (Wildman–Crippen MR) is 119 cm³/mol. The van der Waals surface area contributed by atoms with Gasteiger partial charge in [-0.25, -0.2) is 14.8 Å². The molecule has 0 aliphatic carbocycles. The lowest BCUT2D eigenvalue weighted by atomic mass is 9.90. The van der Waals surface area contributed by atoms with Crippen molar-refractivity contribution in [1.82, 2.24) is 25.1 Å². The van der Waals surface area contributed by atoms with Gasteiger partial charge in [0.25, 0.3) is 0 Å². The average molecular weight is 409 g/mol. The lowest BCUT2D eigenvalue weighted by molar-refractivity contribution is 0.180. The van der Waals surface area contributed by atoms with Crippen LogP contribution in [0.3, 0.4) is 0 Å². The molecule has 160 valence electrons. The number of nitrogens with one attached hydrogen (secondary N) is 1. The molecule has 2 saturated heterocycles. The molecular weight excluding hydrogens is 376 g/mol. The number of piperidine rings is 1. The van der Waals surface area contributed by atoms with Gasteiger partial charge in [0, 0.05) is 58.2 Å². The largest absolute Gasteiger partial charge is 0.338 e. The van der Waals surface area contributed by atoms with E-state index >= 15 is 0 Å². The summed E-state index contributed by atoms with van der Waals surface area (Å²) >= 11 is 0. The van der Waals surface area contributed by atoms with Crippen molar-refractivity contribution in [3.63, 3.8) is 0 Å². The molecule has 0 spiro atoms. The highest BCUT2D eigenvalue weighted by Gasteiger charge is 2.23. The van der Waals surface area contributed by atoms with Crippen LogP contribution < -0.4 is 10.2 Å². The van der Waals surface area contributed by atoms with Crippen LogP contribution in [0.2, 0.25) is 0 Å². The number of amides is 2. The van der Waals surface area contributed by atoms with Gasteiger partial charge in [-0.05, 0) is 43.4 Å². The number of urea groups is 1. The lowest BCUT2D eigenvalue weighted by Gasteiger charge is -2.34. The zero-order valence-corrected chi connectivity index (χ0v) is 17.6. The van der Waals surface area contributed by atoms with Crippen molar-refractivity contribution in [1.29, 1.82) is 0 Å². The number of hydrogen-bond acceptors (Lipinski definition) is 5. The maximum atomic E-state index is 12.5. The molecule has 0 unspecified atom stereocenters. The maximum Gasteiger partial charge on any atom is 0.317 e. The Labute approximate surface area is 179 Å². The van der Waals surface area contributed by atoms with Gasteiger partial charge in [0.15, 0.2) is 0 Å². The average Bonchev–Trinajstić information content (AvgIpc) is 2.83. The Bertz CT molecular complexity index is 771. The van der Waals surface area contributed by atoms with E-state index in [0.29, 0.717) is 5.92 Å². The molecule has 0 saturated carbocycles. The normalized spacial score (nSPS) is 18.4. The van der Waals surface area contributed by atoms with Crippen LogP contribution in [-0.4, -0.2) is 78.2 Å². The molecule has 4 rings (SSSR count). The first-order valence-corrected chi connectivity index (χ1v) is 11.1. The molecule has 7 heteroatoms. The van der Waals surface area contributed by atoms with Gasteiger partial charge < -0.3 is 15.1 Å². The molecule has 2 fully saturated rings. The summed E-state index contributed by atoms with van der Waals surface area (Å²) in [6.45, 7) is 7.36. The van der Waals surface area contributed by atoms with E-state index in [1.807, 2.05) is 11.0 Å². The van der Waals surface area contributed by atoms with Crippen LogP contribution >= 0.6 is 0 Å². The number of benzene rings is 1. The summed E-state index contributed by atoms with van der Waals surface area (Å²) in [6, 6.07) is 12.6. The molecule has 3 heterocycles. The van der Waals surface area contributed by atoms with Gasteiger partial charge in [-0.15, -0.1) is 0 Å². The van der Waals surface area contributed by atoms with Crippen molar-refractivity contribution in [3.05, 3.63) is 54.4 Å². The number of rotatable bonds is 6. The molecule has 1 aromatic heterocycles. The predicted octanol–water partition coefficient (Wildman–Crippen LogP) is 2.58. The van der Waals surface area contributed by atoms with E-state index in [1.165, 1.54) is 5.56 Å². The van der Waals surface area contributed by atoms with Crippen LogP contribution in [0.25, 0.3) is 0 Å². The Hall–Kier alpha value is -2.67. The van der Waals surface area contributed by atoms with Crippen LogP contribution in [-0.2, 0) is 0 Å². The van der Waals surface area contributed by atoms with E-state index < -0.39 is 0 Å². The van der Waals surface area contributed by atoms with Crippen LogP contribution in [0.5, 0.6) is 0 Å². The summed E-state index contributed by atoms with van der Waals surface area (Å²) in [5, 5.41) is 3.11. The number of carbonyl (C=O) groups is 1. The van der Waals surface area contributed by atoms with Crippen molar-refractivity contribution >= 4 is 12.0 Å². The van der Waals surface area contributed by atoms with Crippen molar-refractivity contribution < 1.29 is 4.79 Å². The zero-order chi connectivity index (χ0) is 20.6. The van der Waals surface area contributed by atoms with Crippen molar-refractivity contribution in [2.45, 2.75) is 25.2 Å². The molecule has 0 atom stereocenters. The third-order valence-corrected chi connectivity index (χ3v) is 6.19.